The van der Waals surface area contributed by atoms with E-state index in [0.29, 0.717) is 11.1 Å². The van der Waals surface area contributed by atoms with Gasteiger partial charge in [-0.15, -0.1) is 0 Å². The van der Waals surface area contributed by atoms with Gasteiger partial charge in [0.2, 0.25) is 0 Å². The van der Waals surface area contributed by atoms with Crippen molar-refractivity contribution in [1.29, 1.82) is 0 Å². The quantitative estimate of drug-likeness (QED) is 0.557. The second kappa shape index (κ2) is 9.40. The van der Waals surface area contributed by atoms with Gasteiger partial charge in [0.05, 0.1) is 25.2 Å². The van der Waals surface area contributed by atoms with Gasteiger partial charge in [0.1, 0.15) is 0 Å². The minimum atomic E-state index is -0.332. The Bertz CT molecular complexity index is 1060. The molecule has 6 nitrogen and oxygen atoms in total. The van der Waals surface area contributed by atoms with Crippen molar-refractivity contribution in [2.75, 3.05) is 20.2 Å². The van der Waals surface area contributed by atoms with Gasteiger partial charge in [-0.05, 0) is 49.2 Å². The van der Waals surface area contributed by atoms with Crippen LogP contribution in [-0.2, 0) is 11.3 Å². The molecule has 6 heteroatoms. The minimum Gasteiger partial charge on any atom is -0.472 e. The molecule has 2 atom stereocenters. The Hall–Kier alpha value is -3.38. The van der Waals surface area contributed by atoms with Gasteiger partial charge >= 0.3 is 5.97 Å². The lowest BCUT2D eigenvalue weighted by Crippen LogP contribution is -2.58. The third-order valence-corrected chi connectivity index (χ3v) is 6.00. The van der Waals surface area contributed by atoms with Crippen molar-refractivity contribution in [3.8, 4) is 11.1 Å². The van der Waals surface area contributed by atoms with E-state index in [-0.39, 0.29) is 24.0 Å². The summed E-state index contributed by atoms with van der Waals surface area (Å²) in [5.74, 6) is -0.287. The molecular formula is C26H28N2O4. The maximum atomic E-state index is 13.6. The van der Waals surface area contributed by atoms with Crippen LogP contribution in [-0.4, -0.2) is 54.0 Å². The Labute approximate surface area is 188 Å². The molecule has 0 radical (unpaired) electrons. The van der Waals surface area contributed by atoms with E-state index in [4.69, 9.17) is 9.15 Å². The lowest BCUT2D eigenvalue weighted by Gasteiger charge is -2.44. The van der Waals surface area contributed by atoms with Gasteiger partial charge in [-0.3, -0.25) is 9.69 Å². The molecule has 0 saturated carbocycles. The highest BCUT2D eigenvalue weighted by Gasteiger charge is 2.34. The number of amides is 1. The zero-order valence-corrected chi connectivity index (χ0v) is 18.7. The molecule has 0 unspecified atom stereocenters. The highest BCUT2D eigenvalue weighted by molar-refractivity contribution is 6.01. The number of piperazine rings is 1. The molecule has 1 aromatic heterocycles. The Kier molecular flexibility index (Phi) is 6.42. The second-order valence-corrected chi connectivity index (χ2v) is 8.35. The van der Waals surface area contributed by atoms with Crippen LogP contribution in [0.25, 0.3) is 11.1 Å². The number of hydrogen-bond acceptors (Lipinski definition) is 5. The highest BCUT2D eigenvalue weighted by Crippen LogP contribution is 2.28. The van der Waals surface area contributed by atoms with E-state index in [1.165, 1.54) is 7.11 Å². The van der Waals surface area contributed by atoms with Gasteiger partial charge in [-0.1, -0.05) is 30.3 Å². The van der Waals surface area contributed by atoms with Crippen molar-refractivity contribution in [2.24, 2.45) is 0 Å². The van der Waals surface area contributed by atoms with Crippen LogP contribution in [0.5, 0.6) is 0 Å². The molecule has 0 spiro atoms. The van der Waals surface area contributed by atoms with Crippen LogP contribution in [0.3, 0.4) is 0 Å². The minimum absolute atomic E-state index is 0.0453. The molecule has 0 bridgehead atoms. The number of hydrogen-bond donors (Lipinski definition) is 0. The van der Waals surface area contributed by atoms with Crippen molar-refractivity contribution in [3.05, 3.63) is 83.8 Å². The number of carbonyl (C=O) groups is 2. The summed E-state index contributed by atoms with van der Waals surface area (Å²) in [5, 5.41) is 0. The topological polar surface area (TPSA) is 63.0 Å². The molecule has 4 rings (SSSR count). The number of methoxy groups -OCH3 is 1. The van der Waals surface area contributed by atoms with Crippen LogP contribution < -0.4 is 0 Å². The van der Waals surface area contributed by atoms with E-state index in [0.717, 1.165) is 36.3 Å². The summed E-state index contributed by atoms with van der Waals surface area (Å²) in [6, 6.07) is 17.2. The number of esters is 1. The highest BCUT2D eigenvalue weighted by atomic mass is 16.5. The molecule has 2 heterocycles. The van der Waals surface area contributed by atoms with Gasteiger partial charge in [0.25, 0.3) is 5.91 Å². The number of benzene rings is 2. The van der Waals surface area contributed by atoms with Crippen molar-refractivity contribution in [3.63, 3.8) is 0 Å². The molecule has 3 aromatic rings. The normalized spacial score (nSPS) is 19.0. The lowest BCUT2D eigenvalue weighted by molar-refractivity contribution is 0.0269. The Morgan fingerprint density at radius 3 is 2.31 bits per heavy atom. The number of ether oxygens (including phenoxy) is 1. The number of furan rings is 1. The molecule has 1 saturated heterocycles. The maximum absolute atomic E-state index is 13.6. The molecule has 32 heavy (non-hydrogen) atoms. The van der Waals surface area contributed by atoms with Crippen molar-refractivity contribution < 1.29 is 18.7 Å². The van der Waals surface area contributed by atoms with Gasteiger partial charge in [-0.25, -0.2) is 4.79 Å². The van der Waals surface area contributed by atoms with Gasteiger partial charge < -0.3 is 14.1 Å². The first-order chi connectivity index (χ1) is 15.5. The Morgan fingerprint density at radius 2 is 1.69 bits per heavy atom. The summed E-state index contributed by atoms with van der Waals surface area (Å²) >= 11 is 0. The third-order valence-electron chi connectivity index (χ3n) is 6.00. The molecular weight excluding hydrogens is 404 g/mol. The first-order valence-electron chi connectivity index (χ1n) is 10.8. The molecule has 1 aliphatic heterocycles. The first kappa shape index (κ1) is 21.8. The van der Waals surface area contributed by atoms with E-state index in [1.807, 2.05) is 47.4 Å². The van der Waals surface area contributed by atoms with E-state index in [1.54, 1.807) is 24.7 Å². The molecule has 166 valence electrons. The van der Waals surface area contributed by atoms with Gasteiger partial charge in [0.15, 0.2) is 0 Å². The zero-order chi connectivity index (χ0) is 22.7. The van der Waals surface area contributed by atoms with Crippen molar-refractivity contribution in [1.82, 2.24) is 9.80 Å². The predicted molar refractivity (Wildman–Crippen MR) is 122 cm³/mol. The molecule has 1 fully saturated rings. The fourth-order valence-electron chi connectivity index (χ4n) is 4.56. The van der Waals surface area contributed by atoms with Crippen LogP contribution in [0.2, 0.25) is 0 Å². The van der Waals surface area contributed by atoms with E-state index < -0.39 is 0 Å². The summed E-state index contributed by atoms with van der Waals surface area (Å²) in [7, 11) is 1.38. The summed E-state index contributed by atoms with van der Waals surface area (Å²) in [5.41, 5.74) is 4.16. The predicted octanol–water partition coefficient (Wildman–Crippen LogP) is 4.47. The van der Waals surface area contributed by atoms with Crippen LogP contribution in [0, 0.1) is 0 Å². The third kappa shape index (κ3) is 4.46. The van der Waals surface area contributed by atoms with Crippen LogP contribution in [0.4, 0.5) is 0 Å². The molecule has 0 aliphatic carbocycles. The smallest absolute Gasteiger partial charge is 0.337 e. The van der Waals surface area contributed by atoms with E-state index in [9.17, 15) is 9.59 Å². The maximum Gasteiger partial charge on any atom is 0.337 e. The van der Waals surface area contributed by atoms with Gasteiger partial charge in [-0.2, -0.15) is 0 Å². The van der Waals surface area contributed by atoms with Crippen LogP contribution in [0.1, 0.15) is 40.1 Å². The number of carbonyl (C=O) groups excluding carboxylic acids is 2. The van der Waals surface area contributed by atoms with Gasteiger partial charge in [0, 0.05) is 42.8 Å². The molecule has 0 N–H and O–H groups in total. The SMILES string of the molecule is COC(=O)c1ccc(CN2C[C@@H](C)N(C(=O)c3ccccc3-c3ccoc3)[C@@H](C)C2)cc1. The number of rotatable bonds is 5. The van der Waals surface area contributed by atoms with Crippen molar-refractivity contribution >= 4 is 11.9 Å². The van der Waals surface area contributed by atoms with Crippen LogP contribution in [0.15, 0.2) is 71.5 Å². The van der Waals surface area contributed by atoms with Crippen LogP contribution >= 0.6 is 0 Å². The summed E-state index contributed by atoms with van der Waals surface area (Å²) in [6.45, 7) is 6.53. The summed E-state index contributed by atoms with van der Waals surface area (Å²) < 4.78 is 10.00. The average molecular weight is 433 g/mol. The molecule has 1 amide bonds. The van der Waals surface area contributed by atoms with Crippen molar-refractivity contribution in [2.45, 2.75) is 32.5 Å². The Morgan fingerprint density at radius 1 is 1.00 bits per heavy atom. The number of nitrogens with zero attached hydrogens (tertiary/aromatic N) is 2. The first-order valence-corrected chi connectivity index (χ1v) is 10.8. The largest absolute Gasteiger partial charge is 0.472 e. The average Bonchev–Trinajstić information content (AvgIpc) is 3.33. The van der Waals surface area contributed by atoms with E-state index >= 15 is 0 Å². The summed E-state index contributed by atoms with van der Waals surface area (Å²) in [6.07, 6.45) is 3.29. The molecule has 1 aliphatic rings. The lowest BCUT2D eigenvalue weighted by atomic mass is 9.98. The zero-order valence-electron chi connectivity index (χ0n) is 18.7. The molecule has 2 aromatic carbocycles. The standard InChI is InChI=1S/C26H28N2O4/c1-18-14-27(16-20-8-10-21(11-9-20)26(30)31-3)15-19(2)28(18)25(29)24-7-5-4-6-23(24)22-12-13-32-17-22/h4-13,17-19H,14-16H2,1-3H3/t18-,19+. The fraction of sp³-hybridized carbons (Fsp3) is 0.308. The Balaban J connectivity index is 1.47. The summed E-state index contributed by atoms with van der Waals surface area (Å²) in [4.78, 5) is 29.6. The van der Waals surface area contributed by atoms with E-state index in [2.05, 4.69) is 18.7 Å². The fourth-order valence-corrected chi connectivity index (χ4v) is 4.56. The monoisotopic (exact) mass is 432 g/mol. The second-order valence-electron chi connectivity index (χ2n) is 8.35.